The Hall–Kier alpha value is -2.44. The third-order valence-electron chi connectivity index (χ3n) is 3.81. The molecular weight excluding hydrogens is 362 g/mol. The van der Waals surface area contributed by atoms with Crippen LogP contribution in [-0.4, -0.2) is 17.6 Å². The van der Waals surface area contributed by atoms with Crippen LogP contribution in [0.1, 0.15) is 21.0 Å². The third kappa shape index (κ3) is 3.36. The van der Waals surface area contributed by atoms with Gasteiger partial charge in [0.25, 0.3) is 5.91 Å². The predicted molar refractivity (Wildman–Crippen MR) is 94.2 cm³/mol. The Morgan fingerprint density at radius 2 is 2.12 bits per heavy atom. The molecular formula is C18H14ClNO4S. The summed E-state index contributed by atoms with van der Waals surface area (Å²) >= 11 is 7.82. The second-order valence-electron chi connectivity index (χ2n) is 5.51. The standard InChI is InChI=1S/C18H14ClNO4S/c19-15-7-12(8-16-17(15)24-11-23-16)18(21)20(9-13-3-1-5-22-13)10-14-4-2-6-25-14/h1-8H,9-11H2. The zero-order chi connectivity index (χ0) is 17.2. The predicted octanol–water partition coefficient (Wildman–Crippen LogP) is 4.57. The Labute approximate surface area is 153 Å². The number of ether oxygens (including phenoxy) is 2. The summed E-state index contributed by atoms with van der Waals surface area (Å²) in [5.74, 6) is 1.54. The molecule has 5 nitrogen and oxygen atoms in total. The summed E-state index contributed by atoms with van der Waals surface area (Å²) in [7, 11) is 0. The molecule has 3 aromatic rings. The normalized spacial score (nSPS) is 12.4. The van der Waals surface area contributed by atoms with Gasteiger partial charge in [-0.2, -0.15) is 0 Å². The average molecular weight is 376 g/mol. The third-order valence-corrected chi connectivity index (χ3v) is 4.96. The minimum Gasteiger partial charge on any atom is -0.467 e. The average Bonchev–Trinajstić information content (AvgIpc) is 3.36. The van der Waals surface area contributed by atoms with E-state index in [1.54, 1.807) is 40.7 Å². The summed E-state index contributed by atoms with van der Waals surface area (Å²) in [5.41, 5.74) is 0.456. The Morgan fingerprint density at radius 1 is 1.20 bits per heavy atom. The van der Waals surface area contributed by atoms with E-state index in [1.165, 1.54) is 0 Å². The molecule has 0 saturated heterocycles. The van der Waals surface area contributed by atoms with Gasteiger partial charge < -0.3 is 18.8 Å². The van der Waals surface area contributed by atoms with Crippen LogP contribution in [0.3, 0.4) is 0 Å². The maximum Gasteiger partial charge on any atom is 0.254 e. The molecule has 0 radical (unpaired) electrons. The van der Waals surface area contributed by atoms with Crippen molar-refractivity contribution in [1.29, 1.82) is 0 Å². The first-order valence-corrected chi connectivity index (χ1v) is 8.89. The van der Waals surface area contributed by atoms with Gasteiger partial charge in [0.15, 0.2) is 11.5 Å². The van der Waals surface area contributed by atoms with Gasteiger partial charge in [-0.3, -0.25) is 4.79 Å². The van der Waals surface area contributed by atoms with E-state index in [0.29, 0.717) is 35.2 Å². The number of halogens is 1. The molecule has 1 aliphatic heterocycles. The summed E-state index contributed by atoms with van der Waals surface area (Å²) < 4.78 is 16.1. The number of carbonyl (C=O) groups excluding carboxylic acids is 1. The minimum atomic E-state index is -0.148. The number of nitrogens with zero attached hydrogens (tertiary/aromatic N) is 1. The number of thiophene rings is 1. The number of rotatable bonds is 5. The molecule has 3 heterocycles. The number of carbonyl (C=O) groups is 1. The number of benzene rings is 1. The lowest BCUT2D eigenvalue weighted by Gasteiger charge is -2.21. The van der Waals surface area contributed by atoms with Gasteiger partial charge in [0.05, 0.1) is 24.4 Å². The highest BCUT2D eigenvalue weighted by Crippen LogP contribution is 2.40. The van der Waals surface area contributed by atoms with Crippen molar-refractivity contribution in [2.75, 3.05) is 6.79 Å². The molecule has 0 N–H and O–H groups in total. The second kappa shape index (κ2) is 6.82. The lowest BCUT2D eigenvalue weighted by atomic mass is 10.1. The maximum atomic E-state index is 13.1. The van der Waals surface area contributed by atoms with E-state index in [4.69, 9.17) is 25.5 Å². The van der Waals surface area contributed by atoms with Crippen molar-refractivity contribution in [3.8, 4) is 11.5 Å². The van der Waals surface area contributed by atoms with E-state index in [1.807, 2.05) is 23.6 Å². The van der Waals surface area contributed by atoms with Crippen molar-refractivity contribution in [1.82, 2.24) is 4.90 Å². The monoisotopic (exact) mass is 375 g/mol. The summed E-state index contributed by atoms with van der Waals surface area (Å²) in [4.78, 5) is 15.9. The van der Waals surface area contributed by atoms with E-state index in [2.05, 4.69) is 0 Å². The maximum absolute atomic E-state index is 13.1. The molecule has 128 valence electrons. The fraction of sp³-hybridized carbons (Fsp3) is 0.167. The Kier molecular flexibility index (Phi) is 4.38. The fourth-order valence-corrected chi connectivity index (χ4v) is 3.64. The first-order chi connectivity index (χ1) is 12.2. The van der Waals surface area contributed by atoms with Crippen LogP contribution in [0.15, 0.2) is 52.5 Å². The van der Waals surface area contributed by atoms with Crippen LogP contribution in [-0.2, 0) is 13.1 Å². The Bertz CT molecular complexity index is 841. The van der Waals surface area contributed by atoms with Crippen LogP contribution in [0, 0.1) is 0 Å². The van der Waals surface area contributed by atoms with Gasteiger partial charge in [-0.15, -0.1) is 11.3 Å². The summed E-state index contributed by atoms with van der Waals surface area (Å²) in [6.07, 6.45) is 1.60. The van der Waals surface area contributed by atoms with Gasteiger partial charge in [0.2, 0.25) is 6.79 Å². The van der Waals surface area contributed by atoms with Crippen molar-refractivity contribution in [3.05, 3.63) is 69.3 Å². The van der Waals surface area contributed by atoms with Gasteiger partial charge in [-0.05, 0) is 35.7 Å². The van der Waals surface area contributed by atoms with Crippen LogP contribution in [0.25, 0.3) is 0 Å². The van der Waals surface area contributed by atoms with Crippen LogP contribution in [0.2, 0.25) is 5.02 Å². The second-order valence-corrected chi connectivity index (χ2v) is 6.95. The SMILES string of the molecule is O=C(c1cc(Cl)c2c(c1)OCO2)N(Cc1ccco1)Cc1cccs1. The zero-order valence-electron chi connectivity index (χ0n) is 13.1. The Morgan fingerprint density at radius 3 is 2.88 bits per heavy atom. The first-order valence-electron chi connectivity index (χ1n) is 7.64. The molecule has 1 amide bonds. The Balaban J connectivity index is 1.63. The van der Waals surface area contributed by atoms with Crippen molar-refractivity contribution >= 4 is 28.8 Å². The fourth-order valence-electron chi connectivity index (χ4n) is 2.65. The molecule has 0 spiro atoms. The first kappa shape index (κ1) is 16.1. The molecule has 0 unspecified atom stereocenters. The van der Waals surface area contributed by atoms with E-state index in [0.717, 1.165) is 10.6 Å². The highest BCUT2D eigenvalue weighted by Gasteiger charge is 2.24. The molecule has 1 aliphatic rings. The number of amides is 1. The highest BCUT2D eigenvalue weighted by molar-refractivity contribution is 7.09. The van der Waals surface area contributed by atoms with Crippen LogP contribution >= 0.6 is 22.9 Å². The van der Waals surface area contributed by atoms with Crippen LogP contribution in [0.5, 0.6) is 11.5 Å². The van der Waals surface area contributed by atoms with E-state index >= 15 is 0 Å². The van der Waals surface area contributed by atoms with Crippen molar-refractivity contribution in [2.24, 2.45) is 0 Å². The van der Waals surface area contributed by atoms with Crippen molar-refractivity contribution in [3.63, 3.8) is 0 Å². The van der Waals surface area contributed by atoms with E-state index < -0.39 is 0 Å². The number of fused-ring (bicyclic) bond motifs is 1. The van der Waals surface area contributed by atoms with Gasteiger partial charge in [0, 0.05) is 10.4 Å². The van der Waals surface area contributed by atoms with Gasteiger partial charge >= 0.3 is 0 Å². The van der Waals surface area contributed by atoms with E-state index in [-0.39, 0.29) is 12.7 Å². The number of hydrogen-bond donors (Lipinski definition) is 0. The molecule has 25 heavy (non-hydrogen) atoms. The molecule has 2 aromatic heterocycles. The van der Waals surface area contributed by atoms with E-state index in [9.17, 15) is 4.79 Å². The molecule has 0 saturated carbocycles. The summed E-state index contributed by atoms with van der Waals surface area (Å²) in [6, 6.07) is 10.9. The lowest BCUT2D eigenvalue weighted by molar-refractivity contribution is 0.0719. The van der Waals surface area contributed by atoms with Crippen LogP contribution < -0.4 is 9.47 Å². The molecule has 0 fully saturated rings. The highest BCUT2D eigenvalue weighted by atomic mass is 35.5. The largest absolute Gasteiger partial charge is 0.467 e. The van der Waals surface area contributed by atoms with Crippen molar-refractivity contribution < 1.29 is 18.7 Å². The lowest BCUT2D eigenvalue weighted by Crippen LogP contribution is -2.29. The van der Waals surface area contributed by atoms with Crippen LogP contribution in [0.4, 0.5) is 0 Å². The molecule has 7 heteroatoms. The topological polar surface area (TPSA) is 51.9 Å². The molecule has 0 atom stereocenters. The summed E-state index contributed by atoms with van der Waals surface area (Å²) in [5, 5.41) is 2.36. The smallest absolute Gasteiger partial charge is 0.254 e. The molecule has 1 aromatic carbocycles. The molecule has 4 rings (SSSR count). The molecule has 0 bridgehead atoms. The quantitative estimate of drug-likeness (QED) is 0.655. The van der Waals surface area contributed by atoms with Gasteiger partial charge in [-0.25, -0.2) is 0 Å². The minimum absolute atomic E-state index is 0.109. The number of furan rings is 1. The number of hydrogen-bond acceptors (Lipinski definition) is 5. The summed E-state index contributed by atoms with van der Waals surface area (Å²) in [6.45, 7) is 0.969. The van der Waals surface area contributed by atoms with Gasteiger partial charge in [-0.1, -0.05) is 17.7 Å². The molecule has 0 aliphatic carbocycles. The van der Waals surface area contributed by atoms with Crippen molar-refractivity contribution in [2.45, 2.75) is 13.1 Å². The van der Waals surface area contributed by atoms with Gasteiger partial charge in [0.1, 0.15) is 5.76 Å². The zero-order valence-corrected chi connectivity index (χ0v) is 14.7.